The molecule has 118 valence electrons. The van der Waals surface area contributed by atoms with E-state index in [2.05, 4.69) is 10.3 Å². The molecule has 1 amide bonds. The molecule has 0 aliphatic heterocycles. The van der Waals surface area contributed by atoms with Crippen molar-refractivity contribution in [3.05, 3.63) is 57.7 Å². The number of ether oxygens (including phenoxy) is 1. The van der Waals surface area contributed by atoms with Gasteiger partial charge in [0.2, 0.25) is 17.8 Å². The predicted octanol–water partition coefficient (Wildman–Crippen LogP) is 3.13. The highest BCUT2D eigenvalue weighted by Gasteiger charge is 2.53. The van der Waals surface area contributed by atoms with Crippen LogP contribution in [0.4, 0.5) is 5.69 Å². The Kier molecular flexibility index (Phi) is 4.12. The van der Waals surface area contributed by atoms with Crippen molar-refractivity contribution in [2.75, 3.05) is 5.32 Å². The van der Waals surface area contributed by atoms with Crippen LogP contribution >= 0.6 is 11.6 Å². The van der Waals surface area contributed by atoms with Gasteiger partial charge in [0.05, 0.1) is 5.02 Å². The fraction of sp³-hybridized carbons (Fsp3) is 0.200. The summed E-state index contributed by atoms with van der Waals surface area (Å²) in [5.74, 6) is 0.0735. The molecule has 2 unspecified atom stereocenters. The molecule has 0 radical (unpaired) electrons. The summed E-state index contributed by atoms with van der Waals surface area (Å²) >= 11 is 5.74. The van der Waals surface area contributed by atoms with Gasteiger partial charge in [-0.2, -0.15) is 0 Å². The molecule has 1 aliphatic carbocycles. The van der Waals surface area contributed by atoms with Gasteiger partial charge in [-0.05, 0) is 30.3 Å². The summed E-state index contributed by atoms with van der Waals surface area (Å²) in [6.07, 6.45) is 1.77. The van der Waals surface area contributed by atoms with Crippen LogP contribution in [0.2, 0.25) is 5.02 Å². The Bertz CT molecular complexity index is 733. The summed E-state index contributed by atoms with van der Waals surface area (Å²) in [7, 11) is 0. The Morgan fingerprint density at radius 1 is 1.30 bits per heavy atom. The Morgan fingerprint density at radius 3 is 2.61 bits per heavy atom. The minimum Gasteiger partial charge on any atom is -0.439 e. The van der Waals surface area contributed by atoms with Gasteiger partial charge >= 0.3 is 0 Å². The number of hydrogen-bond donors (Lipinski definition) is 1. The van der Waals surface area contributed by atoms with E-state index in [-0.39, 0.29) is 5.91 Å². The fourth-order valence-corrected chi connectivity index (χ4v) is 2.19. The average Bonchev–Trinajstić information content (AvgIpc) is 3.32. The number of carbonyl (C=O) groups is 1. The molecule has 1 N–H and O–H groups in total. The maximum absolute atomic E-state index is 11.8. The lowest BCUT2D eigenvalue weighted by molar-refractivity contribution is -0.497. The highest BCUT2D eigenvalue weighted by Crippen LogP contribution is 2.34. The Balaban J connectivity index is 1.58. The molecular formula is C15H12ClN3O4. The third-order valence-corrected chi connectivity index (χ3v) is 3.63. The molecule has 0 spiro atoms. The molecular weight excluding hydrogens is 322 g/mol. The Morgan fingerprint density at radius 2 is 2.04 bits per heavy atom. The van der Waals surface area contributed by atoms with Crippen molar-refractivity contribution in [3.8, 4) is 11.6 Å². The first-order chi connectivity index (χ1) is 11.0. The van der Waals surface area contributed by atoms with Crippen LogP contribution in [0.3, 0.4) is 0 Å². The number of nitro groups is 1. The third kappa shape index (κ3) is 3.75. The molecule has 1 saturated carbocycles. The zero-order chi connectivity index (χ0) is 16.4. The number of anilines is 1. The Hall–Kier alpha value is -2.67. The molecule has 23 heavy (non-hydrogen) atoms. The number of pyridine rings is 1. The van der Waals surface area contributed by atoms with Crippen molar-refractivity contribution in [1.29, 1.82) is 0 Å². The number of carbonyl (C=O) groups excluding carboxylic acids is 1. The zero-order valence-corrected chi connectivity index (χ0v) is 12.6. The molecule has 1 aliphatic rings. The van der Waals surface area contributed by atoms with Crippen LogP contribution < -0.4 is 10.1 Å². The number of rotatable bonds is 5. The normalized spacial score (nSPS) is 19.0. The minimum atomic E-state index is -0.756. The molecule has 3 rings (SSSR count). The van der Waals surface area contributed by atoms with Crippen molar-refractivity contribution in [1.82, 2.24) is 4.98 Å². The van der Waals surface area contributed by atoms with E-state index in [4.69, 9.17) is 16.3 Å². The highest BCUT2D eigenvalue weighted by molar-refractivity contribution is 6.30. The number of amides is 1. The molecule has 0 bridgehead atoms. The van der Waals surface area contributed by atoms with Gasteiger partial charge < -0.3 is 10.1 Å². The predicted molar refractivity (Wildman–Crippen MR) is 83.3 cm³/mol. The first-order valence-electron chi connectivity index (χ1n) is 6.87. The van der Waals surface area contributed by atoms with E-state index in [9.17, 15) is 14.9 Å². The summed E-state index contributed by atoms with van der Waals surface area (Å²) in [6, 6.07) is 9.21. The van der Waals surface area contributed by atoms with Gasteiger partial charge in [0.15, 0.2) is 0 Å². The van der Waals surface area contributed by atoms with Gasteiger partial charge in [-0.1, -0.05) is 11.6 Å². The molecule has 2 aromatic rings. The van der Waals surface area contributed by atoms with Crippen LogP contribution in [0.5, 0.6) is 11.6 Å². The first-order valence-corrected chi connectivity index (χ1v) is 7.24. The average molecular weight is 334 g/mol. The molecule has 7 nitrogen and oxygen atoms in total. The minimum absolute atomic E-state index is 0.294. The summed E-state index contributed by atoms with van der Waals surface area (Å²) < 4.78 is 5.53. The first kappa shape index (κ1) is 15.2. The van der Waals surface area contributed by atoms with Gasteiger partial charge in [-0.15, -0.1) is 0 Å². The number of benzene rings is 1. The molecule has 0 saturated heterocycles. The summed E-state index contributed by atoms with van der Waals surface area (Å²) in [6.45, 7) is 0. The molecule has 8 heteroatoms. The van der Waals surface area contributed by atoms with Crippen molar-refractivity contribution in [2.24, 2.45) is 5.92 Å². The highest BCUT2D eigenvalue weighted by atomic mass is 35.5. The standard InChI is InChI=1S/C15H12ClN3O4/c16-9-1-6-14(17-8-9)23-11-4-2-10(3-5-11)18-15(20)12-7-13(12)19(21)22/h1-6,8,12-13H,7H2,(H,18,20). The summed E-state index contributed by atoms with van der Waals surface area (Å²) in [4.78, 5) is 26.0. The number of aromatic nitrogens is 1. The SMILES string of the molecule is O=C(Nc1ccc(Oc2ccc(Cl)cn2)cc1)C1CC1[N+](=O)[O-]. The van der Waals surface area contributed by atoms with E-state index in [1.54, 1.807) is 36.4 Å². The molecule has 1 aromatic carbocycles. The van der Waals surface area contributed by atoms with Gasteiger partial charge in [-0.3, -0.25) is 14.9 Å². The lowest BCUT2D eigenvalue weighted by atomic mass is 10.3. The van der Waals surface area contributed by atoms with Crippen molar-refractivity contribution < 1.29 is 14.5 Å². The number of nitrogens with zero attached hydrogens (tertiary/aromatic N) is 2. The van der Waals surface area contributed by atoms with E-state index in [0.717, 1.165) is 0 Å². The zero-order valence-electron chi connectivity index (χ0n) is 11.8. The van der Waals surface area contributed by atoms with Crippen LogP contribution in [-0.2, 0) is 4.79 Å². The second-order valence-electron chi connectivity index (χ2n) is 5.13. The van der Waals surface area contributed by atoms with E-state index in [1.165, 1.54) is 6.20 Å². The van der Waals surface area contributed by atoms with Crippen LogP contribution in [0.25, 0.3) is 0 Å². The number of hydrogen-bond acceptors (Lipinski definition) is 5. The molecule has 1 heterocycles. The van der Waals surface area contributed by atoms with E-state index in [0.29, 0.717) is 28.8 Å². The van der Waals surface area contributed by atoms with Crippen LogP contribution in [-0.4, -0.2) is 21.9 Å². The quantitative estimate of drug-likeness (QED) is 0.670. The lowest BCUT2D eigenvalue weighted by Gasteiger charge is -2.07. The van der Waals surface area contributed by atoms with Gasteiger partial charge in [0, 0.05) is 29.3 Å². The van der Waals surface area contributed by atoms with Crippen molar-refractivity contribution in [2.45, 2.75) is 12.5 Å². The fourth-order valence-electron chi connectivity index (χ4n) is 2.08. The number of nitrogens with one attached hydrogen (secondary N) is 1. The van der Waals surface area contributed by atoms with Crippen LogP contribution in [0, 0.1) is 16.0 Å². The summed E-state index contributed by atoms with van der Waals surface area (Å²) in [5.41, 5.74) is 0.556. The monoisotopic (exact) mass is 333 g/mol. The smallest absolute Gasteiger partial charge is 0.234 e. The lowest BCUT2D eigenvalue weighted by Crippen LogP contribution is -2.18. The largest absolute Gasteiger partial charge is 0.439 e. The maximum atomic E-state index is 11.8. The van der Waals surface area contributed by atoms with Crippen molar-refractivity contribution in [3.63, 3.8) is 0 Å². The number of halogens is 1. The second kappa shape index (κ2) is 6.21. The van der Waals surface area contributed by atoms with Gasteiger partial charge in [-0.25, -0.2) is 4.98 Å². The van der Waals surface area contributed by atoms with E-state index >= 15 is 0 Å². The maximum Gasteiger partial charge on any atom is 0.234 e. The second-order valence-corrected chi connectivity index (χ2v) is 5.56. The molecule has 2 atom stereocenters. The van der Waals surface area contributed by atoms with E-state index < -0.39 is 16.9 Å². The van der Waals surface area contributed by atoms with E-state index in [1.807, 2.05) is 0 Å². The third-order valence-electron chi connectivity index (χ3n) is 3.41. The van der Waals surface area contributed by atoms with Gasteiger partial charge in [0.25, 0.3) is 0 Å². The van der Waals surface area contributed by atoms with Crippen LogP contribution in [0.15, 0.2) is 42.6 Å². The van der Waals surface area contributed by atoms with Crippen molar-refractivity contribution >= 4 is 23.2 Å². The molecule has 1 aromatic heterocycles. The molecule has 1 fully saturated rings. The van der Waals surface area contributed by atoms with Crippen LogP contribution in [0.1, 0.15) is 6.42 Å². The van der Waals surface area contributed by atoms with Gasteiger partial charge in [0.1, 0.15) is 11.7 Å². The Labute approximate surface area is 136 Å². The summed E-state index contributed by atoms with van der Waals surface area (Å²) in [5, 5.41) is 13.7. The topological polar surface area (TPSA) is 94.4 Å².